The third-order valence-electron chi connectivity index (χ3n) is 1.79. The first kappa shape index (κ1) is 7.80. The minimum Gasteiger partial charge on any atom is -0.0805 e. The summed E-state index contributed by atoms with van der Waals surface area (Å²) >= 11 is 0. The summed E-state index contributed by atoms with van der Waals surface area (Å²) in [7, 11) is 0.00969. The van der Waals surface area contributed by atoms with Gasteiger partial charge in [0.05, 0.1) is 0 Å². The molecule has 0 amide bonds. The highest BCUT2D eigenvalue weighted by Crippen LogP contribution is 2.17. The summed E-state index contributed by atoms with van der Waals surface area (Å²) in [5.41, 5.74) is 1.63. The predicted molar refractivity (Wildman–Crippen MR) is 48.7 cm³/mol. The molecule has 1 aliphatic rings. The molecule has 0 unspecified atom stereocenters. The maximum Gasteiger partial charge on any atom is 0.0416 e. The highest BCUT2D eigenvalue weighted by atomic mass is 28.3. The molecule has 0 aliphatic heterocycles. The Hall–Kier alpha value is -0.303. The van der Waals surface area contributed by atoms with Crippen LogP contribution in [-0.4, -0.2) is 8.80 Å². The van der Waals surface area contributed by atoms with E-state index in [9.17, 15) is 0 Å². The number of hydrogen-bond donors (Lipinski definition) is 0. The van der Waals surface area contributed by atoms with Crippen LogP contribution in [0.15, 0.2) is 23.8 Å². The fourth-order valence-corrected chi connectivity index (χ4v) is 1.91. The molecule has 0 aromatic heterocycles. The van der Waals surface area contributed by atoms with Crippen molar-refractivity contribution in [2.75, 3.05) is 0 Å². The van der Waals surface area contributed by atoms with Gasteiger partial charge in [-0.1, -0.05) is 42.9 Å². The standard InChI is InChI=1S/C9H15Si/c1-10(2)8-7-9-5-3-4-6-9/h3-5H,6-8H2,1-2H3. The summed E-state index contributed by atoms with van der Waals surface area (Å²) < 4.78 is 0. The lowest BCUT2D eigenvalue weighted by atomic mass is 10.2. The molecule has 0 aromatic carbocycles. The van der Waals surface area contributed by atoms with Crippen LogP contribution in [0.25, 0.3) is 0 Å². The van der Waals surface area contributed by atoms with Gasteiger partial charge in [-0.3, -0.25) is 0 Å². The zero-order valence-corrected chi connectivity index (χ0v) is 7.85. The van der Waals surface area contributed by atoms with E-state index in [2.05, 4.69) is 31.3 Å². The highest BCUT2D eigenvalue weighted by Gasteiger charge is 2.01. The van der Waals surface area contributed by atoms with Gasteiger partial charge in [0, 0.05) is 8.80 Å². The van der Waals surface area contributed by atoms with Crippen molar-refractivity contribution in [3.8, 4) is 0 Å². The highest BCUT2D eigenvalue weighted by molar-refractivity contribution is 6.55. The first-order chi connectivity index (χ1) is 4.79. The van der Waals surface area contributed by atoms with Crippen LogP contribution < -0.4 is 0 Å². The molecule has 0 aromatic rings. The summed E-state index contributed by atoms with van der Waals surface area (Å²) in [6.45, 7) is 4.77. The summed E-state index contributed by atoms with van der Waals surface area (Å²) in [4.78, 5) is 0. The molecule has 0 bridgehead atoms. The molecule has 0 N–H and O–H groups in total. The molecular weight excluding hydrogens is 136 g/mol. The molecule has 10 heavy (non-hydrogen) atoms. The van der Waals surface area contributed by atoms with Crippen molar-refractivity contribution in [3.63, 3.8) is 0 Å². The smallest absolute Gasteiger partial charge is 0.0416 e. The van der Waals surface area contributed by atoms with Gasteiger partial charge in [0.1, 0.15) is 0 Å². The van der Waals surface area contributed by atoms with Gasteiger partial charge in [0.2, 0.25) is 0 Å². The van der Waals surface area contributed by atoms with Crippen LogP contribution in [0.2, 0.25) is 19.1 Å². The van der Waals surface area contributed by atoms with Gasteiger partial charge < -0.3 is 0 Å². The Morgan fingerprint density at radius 3 is 2.80 bits per heavy atom. The molecule has 0 nitrogen and oxygen atoms in total. The first-order valence-electron chi connectivity index (χ1n) is 3.92. The quantitative estimate of drug-likeness (QED) is 0.544. The summed E-state index contributed by atoms with van der Waals surface area (Å²) in [5, 5.41) is 0. The molecule has 1 aliphatic carbocycles. The lowest BCUT2D eigenvalue weighted by Gasteiger charge is -2.02. The van der Waals surface area contributed by atoms with Crippen LogP contribution in [0.5, 0.6) is 0 Å². The molecule has 55 valence electrons. The van der Waals surface area contributed by atoms with E-state index in [1.165, 1.54) is 18.9 Å². The molecule has 0 fully saturated rings. The van der Waals surface area contributed by atoms with Gasteiger partial charge in [-0.15, -0.1) is 0 Å². The fraction of sp³-hybridized carbons (Fsp3) is 0.556. The third kappa shape index (κ3) is 2.52. The fourth-order valence-electron chi connectivity index (χ4n) is 1.09. The first-order valence-corrected chi connectivity index (χ1v) is 6.63. The van der Waals surface area contributed by atoms with Gasteiger partial charge in [-0.2, -0.15) is 0 Å². The van der Waals surface area contributed by atoms with Crippen LogP contribution in [0.1, 0.15) is 12.8 Å². The monoisotopic (exact) mass is 151 g/mol. The largest absolute Gasteiger partial charge is 0.0805 e. The third-order valence-corrected chi connectivity index (χ3v) is 3.04. The van der Waals surface area contributed by atoms with E-state index < -0.39 is 0 Å². The van der Waals surface area contributed by atoms with Crippen LogP contribution in [-0.2, 0) is 0 Å². The molecule has 0 atom stereocenters. The van der Waals surface area contributed by atoms with Crippen molar-refractivity contribution in [2.24, 2.45) is 0 Å². The van der Waals surface area contributed by atoms with Crippen molar-refractivity contribution in [1.29, 1.82) is 0 Å². The number of allylic oxidation sites excluding steroid dienone is 4. The van der Waals surface area contributed by atoms with Gasteiger partial charge in [-0.25, -0.2) is 0 Å². The van der Waals surface area contributed by atoms with E-state index in [4.69, 9.17) is 0 Å². The normalized spacial score (nSPS) is 16.5. The number of rotatable bonds is 3. The minimum absolute atomic E-state index is 0.00969. The molecule has 1 heteroatoms. The van der Waals surface area contributed by atoms with Gasteiger partial charge in [-0.05, 0) is 12.8 Å². The van der Waals surface area contributed by atoms with Crippen molar-refractivity contribution in [2.45, 2.75) is 32.0 Å². The SMILES string of the molecule is C[Si](C)CCC1=CC=CC1. The summed E-state index contributed by atoms with van der Waals surface area (Å²) in [6.07, 6.45) is 9.24. The van der Waals surface area contributed by atoms with E-state index in [1.807, 2.05) is 0 Å². The van der Waals surface area contributed by atoms with Crippen LogP contribution in [0.3, 0.4) is 0 Å². The second-order valence-electron chi connectivity index (χ2n) is 3.16. The Bertz CT molecular complexity index is 154. The van der Waals surface area contributed by atoms with Crippen molar-refractivity contribution in [1.82, 2.24) is 0 Å². The molecule has 1 radical (unpaired) electrons. The Morgan fingerprint density at radius 1 is 1.50 bits per heavy atom. The van der Waals surface area contributed by atoms with Gasteiger partial charge in [0.25, 0.3) is 0 Å². The predicted octanol–water partition coefficient (Wildman–Crippen LogP) is 3.02. The Labute approximate surface area is 65.3 Å². The van der Waals surface area contributed by atoms with Gasteiger partial charge in [0.15, 0.2) is 0 Å². The summed E-state index contributed by atoms with van der Waals surface area (Å²) in [6, 6.07) is 1.44. The maximum absolute atomic E-state index is 2.38. The average Bonchev–Trinajstić information content (AvgIpc) is 2.34. The zero-order valence-electron chi connectivity index (χ0n) is 6.85. The van der Waals surface area contributed by atoms with Crippen molar-refractivity contribution in [3.05, 3.63) is 23.8 Å². The molecule has 0 heterocycles. The number of hydrogen-bond acceptors (Lipinski definition) is 0. The van der Waals surface area contributed by atoms with Crippen LogP contribution in [0.4, 0.5) is 0 Å². The molecule has 1 rings (SSSR count). The molecular formula is C9H15Si. The van der Waals surface area contributed by atoms with E-state index in [-0.39, 0.29) is 8.80 Å². The van der Waals surface area contributed by atoms with Crippen LogP contribution >= 0.6 is 0 Å². The lowest BCUT2D eigenvalue weighted by Crippen LogP contribution is -1.98. The maximum atomic E-state index is 2.38. The van der Waals surface area contributed by atoms with E-state index >= 15 is 0 Å². The summed E-state index contributed by atoms with van der Waals surface area (Å²) in [5.74, 6) is 0. The minimum atomic E-state index is 0.00969. The Morgan fingerprint density at radius 2 is 2.30 bits per heavy atom. The molecule has 0 saturated heterocycles. The molecule has 0 spiro atoms. The van der Waals surface area contributed by atoms with Crippen LogP contribution in [0, 0.1) is 0 Å². The average molecular weight is 151 g/mol. The van der Waals surface area contributed by atoms with E-state index in [0.717, 1.165) is 0 Å². The van der Waals surface area contributed by atoms with Crippen molar-refractivity contribution < 1.29 is 0 Å². The Kier molecular flexibility index (Phi) is 2.94. The van der Waals surface area contributed by atoms with E-state index in [0.29, 0.717) is 0 Å². The Balaban J connectivity index is 2.15. The topological polar surface area (TPSA) is 0 Å². The second kappa shape index (κ2) is 3.77. The van der Waals surface area contributed by atoms with Crippen molar-refractivity contribution >= 4 is 8.80 Å². The zero-order chi connectivity index (χ0) is 7.40. The second-order valence-corrected chi connectivity index (χ2v) is 6.08. The lowest BCUT2D eigenvalue weighted by molar-refractivity contribution is 1.03. The van der Waals surface area contributed by atoms with E-state index in [1.54, 1.807) is 5.57 Å². The molecule has 0 saturated carbocycles. The van der Waals surface area contributed by atoms with Gasteiger partial charge >= 0.3 is 0 Å².